The van der Waals surface area contributed by atoms with Gasteiger partial charge < -0.3 is 0 Å². The molecule has 1 N–H and O–H groups in total. The highest BCUT2D eigenvalue weighted by molar-refractivity contribution is 9.10. The van der Waals surface area contributed by atoms with Crippen molar-refractivity contribution in [2.45, 2.75) is 12.2 Å². The predicted molar refractivity (Wildman–Crippen MR) is 57.3 cm³/mol. The van der Waals surface area contributed by atoms with E-state index in [0.717, 1.165) is 0 Å². The highest BCUT2D eigenvalue weighted by Gasteiger charge is 2.20. The van der Waals surface area contributed by atoms with E-state index in [2.05, 4.69) is 30.6 Å². The fraction of sp³-hybridized carbons (Fsp3) is 0.286. The molecule has 0 bridgehead atoms. The van der Waals surface area contributed by atoms with Crippen molar-refractivity contribution in [1.29, 1.82) is 5.26 Å². The van der Waals surface area contributed by atoms with Gasteiger partial charge in [-0.2, -0.15) is 5.26 Å². The zero-order valence-electron chi connectivity index (χ0n) is 7.68. The van der Waals surface area contributed by atoms with Crippen LogP contribution in [0.1, 0.15) is 6.92 Å². The van der Waals surface area contributed by atoms with Gasteiger partial charge in [-0.3, -0.25) is 4.72 Å². The molecule has 0 aromatic carbocycles. The lowest BCUT2D eigenvalue weighted by molar-refractivity contribution is 0.597. The number of anilines is 1. The van der Waals surface area contributed by atoms with Gasteiger partial charge in [-0.05, 0) is 22.9 Å². The smallest absolute Gasteiger partial charge is 0.250 e. The fourth-order valence-electron chi connectivity index (χ4n) is 0.669. The fourth-order valence-corrected chi connectivity index (χ4v) is 1.59. The Labute approximate surface area is 95.5 Å². The first-order valence-corrected chi connectivity index (χ1v) is 6.18. The van der Waals surface area contributed by atoms with Crippen molar-refractivity contribution in [2.75, 3.05) is 4.72 Å². The van der Waals surface area contributed by atoms with E-state index in [1.54, 1.807) is 6.07 Å². The lowest BCUT2D eigenvalue weighted by Crippen LogP contribution is -2.24. The van der Waals surface area contributed by atoms with Crippen LogP contribution in [0.25, 0.3) is 0 Å². The van der Waals surface area contributed by atoms with Gasteiger partial charge in [0.15, 0.2) is 11.1 Å². The van der Waals surface area contributed by atoms with Crippen molar-refractivity contribution in [3.63, 3.8) is 0 Å². The average Bonchev–Trinajstić information content (AvgIpc) is 2.20. The van der Waals surface area contributed by atoms with Crippen LogP contribution >= 0.6 is 15.9 Å². The van der Waals surface area contributed by atoms with Crippen LogP contribution in [0.3, 0.4) is 0 Å². The van der Waals surface area contributed by atoms with Gasteiger partial charge in [-0.15, -0.1) is 0 Å². The Bertz CT molecular complexity index is 479. The summed E-state index contributed by atoms with van der Waals surface area (Å²) in [6.07, 6.45) is 2.61. The highest BCUT2D eigenvalue weighted by Crippen LogP contribution is 2.09. The van der Waals surface area contributed by atoms with Crippen LogP contribution in [-0.2, 0) is 10.0 Å². The van der Waals surface area contributed by atoms with Crippen LogP contribution in [0, 0.1) is 11.3 Å². The Morgan fingerprint density at radius 1 is 1.53 bits per heavy atom. The van der Waals surface area contributed by atoms with E-state index >= 15 is 0 Å². The standard InChI is InChI=1S/C7H7BrN4O2S/c1-5(2-9)15(13,14)12-7-4-10-6(8)3-11-7/h3-5H,1H3,(H,11,12). The summed E-state index contributed by atoms with van der Waals surface area (Å²) in [5, 5.41) is 7.34. The molecule has 0 radical (unpaired) electrons. The minimum absolute atomic E-state index is 0.0836. The quantitative estimate of drug-likeness (QED) is 0.892. The molecule has 1 aromatic heterocycles. The SMILES string of the molecule is CC(C#N)S(=O)(=O)Nc1cnc(Br)cn1. The molecule has 1 rings (SSSR count). The van der Waals surface area contributed by atoms with Crippen LogP contribution < -0.4 is 4.72 Å². The summed E-state index contributed by atoms with van der Waals surface area (Å²) in [6, 6.07) is 1.63. The number of nitriles is 1. The number of hydrogen-bond acceptors (Lipinski definition) is 5. The molecule has 0 saturated heterocycles. The molecule has 0 spiro atoms. The third kappa shape index (κ3) is 3.14. The van der Waals surface area contributed by atoms with Crippen LogP contribution in [0.4, 0.5) is 5.82 Å². The molecule has 15 heavy (non-hydrogen) atoms. The van der Waals surface area contributed by atoms with Gasteiger partial charge in [0.05, 0.1) is 18.5 Å². The number of nitrogens with zero attached hydrogens (tertiary/aromatic N) is 3. The second-order valence-corrected chi connectivity index (χ2v) is 5.46. The van der Waals surface area contributed by atoms with Crippen molar-refractivity contribution in [2.24, 2.45) is 0 Å². The number of aromatic nitrogens is 2. The molecule has 0 aliphatic carbocycles. The van der Waals surface area contributed by atoms with Gasteiger partial charge in [0.1, 0.15) is 4.60 Å². The molecule has 8 heteroatoms. The molecule has 0 amide bonds. The summed E-state index contributed by atoms with van der Waals surface area (Å²) in [4.78, 5) is 7.56. The first kappa shape index (κ1) is 11.9. The van der Waals surface area contributed by atoms with Gasteiger partial charge in [-0.1, -0.05) is 0 Å². The van der Waals surface area contributed by atoms with E-state index < -0.39 is 15.3 Å². The van der Waals surface area contributed by atoms with Crippen LogP contribution in [0.2, 0.25) is 0 Å². The van der Waals surface area contributed by atoms with E-state index in [1.165, 1.54) is 19.3 Å². The second kappa shape index (κ2) is 4.55. The summed E-state index contributed by atoms with van der Waals surface area (Å²) in [7, 11) is -3.71. The Morgan fingerprint density at radius 3 is 2.67 bits per heavy atom. The molecule has 1 aromatic rings. The summed E-state index contributed by atoms with van der Waals surface area (Å²) < 4.78 is 25.5. The molecular formula is C7H7BrN4O2S. The second-order valence-electron chi connectivity index (χ2n) is 2.64. The molecule has 1 unspecified atom stereocenters. The summed E-state index contributed by atoms with van der Waals surface area (Å²) in [5.41, 5.74) is 0. The van der Waals surface area contributed by atoms with Gasteiger partial charge in [0.2, 0.25) is 10.0 Å². The van der Waals surface area contributed by atoms with E-state index in [0.29, 0.717) is 4.60 Å². The van der Waals surface area contributed by atoms with Gasteiger partial charge in [0, 0.05) is 0 Å². The average molecular weight is 291 g/mol. The van der Waals surface area contributed by atoms with Crippen LogP contribution in [0.15, 0.2) is 17.0 Å². The normalized spacial score (nSPS) is 12.9. The van der Waals surface area contributed by atoms with E-state index in [9.17, 15) is 8.42 Å². The summed E-state index contributed by atoms with van der Waals surface area (Å²) >= 11 is 3.06. The minimum atomic E-state index is -3.71. The first-order valence-electron chi connectivity index (χ1n) is 3.84. The summed E-state index contributed by atoms with van der Waals surface area (Å²) in [5.74, 6) is 0.0836. The first-order chi connectivity index (χ1) is 6.95. The van der Waals surface area contributed by atoms with Crippen LogP contribution in [0.5, 0.6) is 0 Å². The Hall–Kier alpha value is -1.20. The topological polar surface area (TPSA) is 95.7 Å². The van der Waals surface area contributed by atoms with Gasteiger partial charge in [0.25, 0.3) is 0 Å². The monoisotopic (exact) mass is 290 g/mol. The molecule has 0 fully saturated rings. The Balaban J connectivity index is 2.88. The van der Waals surface area contributed by atoms with Crippen molar-refractivity contribution < 1.29 is 8.42 Å². The molecule has 80 valence electrons. The largest absolute Gasteiger partial charge is 0.265 e. The Morgan fingerprint density at radius 2 is 2.20 bits per heavy atom. The van der Waals surface area contributed by atoms with Gasteiger partial charge in [-0.25, -0.2) is 18.4 Å². The van der Waals surface area contributed by atoms with Crippen LogP contribution in [-0.4, -0.2) is 23.6 Å². The van der Waals surface area contributed by atoms with Crippen molar-refractivity contribution in [3.05, 3.63) is 17.0 Å². The number of halogens is 1. The molecule has 1 heterocycles. The maximum atomic E-state index is 11.4. The van der Waals surface area contributed by atoms with Gasteiger partial charge >= 0.3 is 0 Å². The molecule has 1 atom stereocenters. The Kier molecular flexibility index (Phi) is 3.60. The number of nitrogens with one attached hydrogen (secondary N) is 1. The zero-order valence-corrected chi connectivity index (χ0v) is 10.1. The van der Waals surface area contributed by atoms with E-state index in [1.807, 2.05) is 0 Å². The lowest BCUT2D eigenvalue weighted by atomic mass is 10.5. The third-order valence-electron chi connectivity index (χ3n) is 1.51. The third-order valence-corrected chi connectivity index (χ3v) is 3.45. The van der Waals surface area contributed by atoms with E-state index in [-0.39, 0.29) is 5.82 Å². The molecule has 0 aliphatic rings. The van der Waals surface area contributed by atoms with Crippen molar-refractivity contribution in [3.8, 4) is 6.07 Å². The number of sulfonamides is 1. The minimum Gasteiger partial charge on any atom is -0.265 e. The maximum Gasteiger partial charge on any atom is 0.250 e. The molecule has 0 aliphatic heterocycles. The van der Waals surface area contributed by atoms with Crippen molar-refractivity contribution in [1.82, 2.24) is 9.97 Å². The zero-order chi connectivity index (χ0) is 11.5. The maximum absolute atomic E-state index is 11.4. The predicted octanol–water partition coefficient (Wildman–Crippen LogP) is 0.893. The lowest BCUT2D eigenvalue weighted by Gasteiger charge is -2.07. The molecule has 6 nitrogen and oxygen atoms in total. The molecule has 0 saturated carbocycles. The number of hydrogen-bond donors (Lipinski definition) is 1. The highest BCUT2D eigenvalue weighted by atomic mass is 79.9. The van der Waals surface area contributed by atoms with E-state index in [4.69, 9.17) is 5.26 Å². The number of rotatable bonds is 3. The molecular weight excluding hydrogens is 284 g/mol. The van der Waals surface area contributed by atoms with Crippen molar-refractivity contribution >= 4 is 31.8 Å². The summed E-state index contributed by atoms with van der Waals surface area (Å²) in [6.45, 7) is 1.29.